The minimum absolute atomic E-state index is 0.107. The molecular formula is C21H25NO3. The van der Waals surface area contributed by atoms with Crippen LogP contribution in [-0.2, 0) is 20.8 Å². The van der Waals surface area contributed by atoms with Gasteiger partial charge in [0.1, 0.15) is 0 Å². The van der Waals surface area contributed by atoms with Crippen molar-refractivity contribution in [1.29, 1.82) is 0 Å². The van der Waals surface area contributed by atoms with E-state index in [2.05, 4.69) is 31.7 Å². The zero-order valence-electron chi connectivity index (χ0n) is 14.7. The Bertz CT molecular complexity index is 705. The molecule has 2 aliphatic heterocycles. The molecule has 25 heavy (non-hydrogen) atoms. The summed E-state index contributed by atoms with van der Waals surface area (Å²) in [4.78, 5) is 15.2. The Morgan fingerprint density at radius 1 is 1.28 bits per heavy atom. The van der Waals surface area contributed by atoms with Crippen molar-refractivity contribution in [3.05, 3.63) is 60.3 Å². The first kappa shape index (κ1) is 16.6. The van der Waals surface area contributed by atoms with Crippen LogP contribution >= 0.6 is 0 Å². The van der Waals surface area contributed by atoms with Gasteiger partial charge in [0, 0.05) is 24.0 Å². The largest absolute Gasteiger partial charge is 0.347 e. The van der Waals surface area contributed by atoms with Crippen LogP contribution in [0.5, 0.6) is 0 Å². The van der Waals surface area contributed by atoms with Crippen LogP contribution in [0.15, 0.2) is 54.8 Å². The summed E-state index contributed by atoms with van der Waals surface area (Å²) in [5.41, 5.74) is 1.99. The van der Waals surface area contributed by atoms with E-state index in [1.54, 1.807) is 0 Å². The molecule has 0 N–H and O–H groups in total. The third-order valence-electron chi connectivity index (χ3n) is 5.85. The van der Waals surface area contributed by atoms with E-state index >= 15 is 0 Å². The minimum Gasteiger partial charge on any atom is -0.347 e. The summed E-state index contributed by atoms with van der Waals surface area (Å²) in [6.07, 6.45) is 6.13. The summed E-state index contributed by atoms with van der Waals surface area (Å²) >= 11 is 0. The van der Waals surface area contributed by atoms with Gasteiger partial charge in [-0.25, -0.2) is 0 Å². The summed E-state index contributed by atoms with van der Waals surface area (Å²) in [6, 6.07) is 10.2. The highest BCUT2D eigenvalue weighted by atomic mass is 16.7. The van der Waals surface area contributed by atoms with Crippen LogP contribution in [0.2, 0.25) is 0 Å². The Morgan fingerprint density at radius 2 is 2.00 bits per heavy atom. The fourth-order valence-corrected chi connectivity index (χ4v) is 4.68. The van der Waals surface area contributed by atoms with Crippen molar-refractivity contribution in [2.75, 3.05) is 13.2 Å². The van der Waals surface area contributed by atoms with Gasteiger partial charge in [0.05, 0.1) is 25.7 Å². The van der Waals surface area contributed by atoms with Gasteiger partial charge in [-0.15, -0.1) is 6.58 Å². The van der Waals surface area contributed by atoms with E-state index in [1.165, 1.54) is 0 Å². The lowest BCUT2D eigenvalue weighted by Crippen LogP contribution is -2.43. The molecule has 0 bridgehead atoms. The van der Waals surface area contributed by atoms with Gasteiger partial charge < -0.3 is 14.4 Å². The van der Waals surface area contributed by atoms with Gasteiger partial charge in [-0.05, 0) is 12.0 Å². The van der Waals surface area contributed by atoms with E-state index in [9.17, 15) is 4.79 Å². The maximum atomic E-state index is 13.2. The fraction of sp³-hybridized carbons (Fsp3) is 0.476. The quantitative estimate of drug-likeness (QED) is 0.786. The van der Waals surface area contributed by atoms with Gasteiger partial charge in [-0.2, -0.15) is 0 Å². The molecule has 4 rings (SSSR count). The van der Waals surface area contributed by atoms with Gasteiger partial charge in [0.15, 0.2) is 5.79 Å². The molecule has 1 aromatic rings. The van der Waals surface area contributed by atoms with Crippen LogP contribution in [0, 0.1) is 11.3 Å². The number of carbonyl (C=O) groups is 1. The highest BCUT2D eigenvalue weighted by Crippen LogP contribution is 2.56. The summed E-state index contributed by atoms with van der Waals surface area (Å²) < 4.78 is 11.9. The van der Waals surface area contributed by atoms with Crippen LogP contribution in [0.4, 0.5) is 0 Å². The number of nitrogens with zero attached hydrogens (tertiary/aromatic N) is 1. The number of amides is 1. The Morgan fingerprint density at radius 3 is 2.68 bits per heavy atom. The van der Waals surface area contributed by atoms with Crippen LogP contribution in [0.25, 0.3) is 0 Å². The fourth-order valence-electron chi connectivity index (χ4n) is 4.68. The predicted octanol–water partition coefficient (Wildman–Crippen LogP) is 3.65. The topological polar surface area (TPSA) is 38.8 Å². The molecule has 1 amide bonds. The zero-order valence-corrected chi connectivity index (χ0v) is 14.7. The molecule has 3 aliphatic rings. The standard InChI is InChI=1S/C21H25NO3/c1-3-7-17-19(23)22(14-16-8-5-4-6-9-16)18-10-11-21(15-20(17,18)2)24-12-13-25-21/h3-6,8-10,17H,1,7,11-15H2,2H3/t17-,20-/m1/s1. The predicted molar refractivity (Wildman–Crippen MR) is 95.4 cm³/mol. The Balaban J connectivity index is 1.70. The van der Waals surface area contributed by atoms with Gasteiger partial charge in [-0.3, -0.25) is 4.79 Å². The van der Waals surface area contributed by atoms with Crippen LogP contribution in [-0.4, -0.2) is 29.8 Å². The van der Waals surface area contributed by atoms with Crippen molar-refractivity contribution >= 4 is 5.91 Å². The van der Waals surface area contributed by atoms with E-state index in [0.29, 0.717) is 32.6 Å². The number of fused-ring (bicyclic) bond motifs is 1. The molecule has 2 saturated heterocycles. The van der Waals surface area contributed by atoms with E-state index in [0.717, 1.165) is 17.7 Å². The van der Waals surface area contributed by atoms with Crippen molar-refractivity contribution in [1.82, 2.24) is 4.90 Å². The normalized spacial score (nSPS) is 30.4. The second-order valence-corrected chi connectivity index (χ2v) is 7.48. The number of allylic oxidation sites excluding steroid dienone is 2. The number of rotatable bonds is 4. The average molecular weight is 339 g/mol. The average Bonchev–Trinajstić information content (AvgIpc) is 3.13. The lowest BCUT2D eigenvalue weighted by Gasteiger charge is -2.42. The maximum absolute atomic E-state index is 13.2. The van der Waals surface area contributed by atoms with Crippen LogP contribution < -0.4 is 0 Å². The summed E-state index contributed by atoms with van der Waals surface area (Å²) in [6.45, 7) is 7.93. The van der Waals surface area contributed by atoms with Gasteiger partial charge in [0.2, 0.25) is 5.91 Å². The molecule has 1 aliphatic carbocycles. The third-order valence-corrected chi connectivity index (χ3v) is 5.85. The second-order valence-electron chi connectivity index (χ2n) is 7.48. The molecule has 4 heteroatoms. The minimum atomic E-state index is -0.555. The van der Waals surface area contributed by atoms with Crippen molar-refractivity contribution in [3.8, 4) is 0 Å². The molecule has 1 aromatic carbocycles. The van der Waals surface area contributed by atoms with E-state index in [4.69, 9.17) is 9.47 Å². The van der Waals surface area contributed by atoms with Crippen molar-refractivity contribution in [2.45, 2.75) is 38.5 Å². The first-order valence-corrected chi connectivity index (χ1v) is 9.03. The molecule has 1 spiro atoms. The van der Waals surface area contributed by atoms with Crippen molar-refractivity contribution < 1.29 is 14.3 Å². The Hall–Kier alpha value is -1.91. The third kappa shape index (κ3) is 2.64. The monoisotopic (exact) mass is 339 g/mol. The van der Waals surface area contributed by atoms with Gasteiger partial charge in [0.25, 0.3) is 0 Å². The van der Waals surface area contributed by atoms with Gasteiger partial charge >= 0.3 is 0 Å². The molecule has 2 fully saturated rings. The van der Waals surface area contributed by atoms with Crippen molar-refractivity contribution in [3.63, 3.8) is 0 Å². The van der Waals surface area contributed by atoms with E-state index in [-0.39, 0.29) is 17.2 Å². The van der Waals surface area contributed by atoms with Crippen LogP contribution in [0.3, 0.4) is 0 Å². The molecule has 4 nitrogen and oxygen atoms in total. The molecule has 0 unspecified atom stereocenters. The first-order chi connectivity index (χ1) is 12.1. The number of benzene rings is 1. The second kappa shape index (κ2) is 6.11. The highest BCUT2D eigenvalue weighted by molar-refractivity contribution is 5.86. The number of hydrogen-bond acceptors (Lipinski definition) is 3. The molecular weight excluding hydrogens is 314 g/mol. The lowest BCUT2D eigenvalue weighted by atomic mass is 9.68. The van der Waals surface area contributed by atoms with E-state index < -0.39 is 5.79 Å². The Kier molecular flexibility index (Phi) is 4.05. The lowest BCUT2D eigenvalue weighted by molar-refractivity contribution is -0.181. The number of hydrogen-bond donors (Lipinski definition) is 0. The number of ether oxygens (including phenoxy) is 2. The molecule has 2 heterocycles. The SMILES string of the molecule is C=CC[C@@H]1C(=O)N(Cc2ccccc2)C2=CCC3(C[C@@]21C)OCCO3. The van der Waals surface area contributed by atoms with Crippen molar-refractivity contribution in [2.24, 2.45) is 11.3 Å². The summed E-state index contributed by atoms with van der Waals surface area (Å²) in [5, 5.41) is 0. The zero-order chi connectivity index (χ0) is 17.5. The first-order valence-electron chi connectivity index (χ1n) is 9.03. The van der Waals surface area contributed by atoms with Gasteiger partial charge in [-0.1, -0.05) is 49.4 Å². The highest BCUT2D eigenvalue weighted by Gasteiger charge is 2.58. The summed E-state index contributed by atoms with van der Waals surface area (Å²) in [7, 11) is 0. The summed E-state index contributed by atoms with van der Waals surface area (Å²) in [5.74, 6) is -0.474. The molecule has 0 saturated carbocycles. The molecule has 2 atom stereocenters. The van der Waals surface area contributed by atoms with E-state index in [1.807, 2.05) is 29.2 Å². The molecule has 0 radical (unpaired) electrons. The maximum Gasteiger partial charge on any atom is 0.231 e. The number of carbonyl (C=O) groups excluding carboxylic acids is 1. The smallest absolute Gasteiger partial charge is 0.231 e. The number of likely N-dealkylation sites (tertiary alicyclic amines) is 1. The van der Waals surface area contributed by atoms with Crippen LogP contribution in [0.1, 0.15) is 31.7 Å². The Labute approximate surface area is 149 Å². The molecule has 0 aromatic heterocycles. The molecule has 132 valence electrons.